The van der Waals surface area contributed by atoms with Gasteiger partial charge < -0.3 is 5.73 Å². The number of aromatic nitrogens is 3. The lowest BCUT2D eigenvalue weighted by molar-refractivity contribution is 0.683. The van der Waals surface area contributed by atoms with Crippen molar-refractivity contribution in [3.05, 3.63) is 47.0 Å². The van der Waals surface area contributed by atoms with Crippen molar-refractivity contribution in [2.24, 2.45) is 5.73 Å². The fraction of sp³-hybridized carbons (Fsp3) is 0.100. The quantitative estimate of drug-likeness (QED) is 0.621. The van der Waals surface area contributed by atoms with Gasteiger partial charge >= 0.3 is 0 Å². The molecule has 0 aliphatic carbocycles. The highest BCUT2D eigenvalue weighted by molar-refractivity contribution is 6.30. The number of amidine groups is 1. The van der Waals surface area contributed by atoms with Crippen LogP contribution in [0, 0.1) is 5.41 Å². The molecule has 0 amide bonds. The highest BCUT2D eigenvalue weighted by Crippen LogP contribution is 2.10. The second-order valence-corrected chi connectivity index (χ2v) is 3.72. The van der Waals surface area contributed by atoms with E-state index in [2.05, 4.69) is 10.1 Å². The SMILES string of the molecule is N=C(N)c1ncccc1Cn1cc(Cl)cn1. The van der Waals surface area contributed by atoms with Crippen LogP contribution in [0.2, 0.25) is 5.02 Å². The highest BCUT2D eigenvalue weighted by Gasteiger charge is 2.07. The van der Waals surface area contributed by atoms with Crippen LogP contribution in [0.5, 0.6) is 0 Å². The average molecular weight is 236 g/mol. The lowest BCUT2D eigenvalue weighted by Crippen LogP contribution is -2.17. The molecule has 0 aliphatic heterocycles. The summed E-state index contributed by atoms with van der Waals surface area (Å²) in [6, 6.07) is 3.66. The summed E-state index contributed by atoms with van der Waals surface area (Å²) in [7, 11) is 0. The van der Waals surface area contributed by atoms with Crippen LogP contribution in [0.1, 0.15) is 11.3 Å². The lowest BCUT2D eigenvalue weighted by atomic mass is 10.2. The van der Waals surface area contributed by atoms with E-state index in [0.717, 1.165) is 5.56 Å². The predicted octanol–water partition coefficient (Wildman–Crippen LogP) is 1.26. The summed E-state index contributed by atoms with van der Waals surface area (Å²) < 4.78 is 1.67. The van der Waals surface area contributed by atoms with E-state index >= 15 is 0 Å². The molecule has 5 nitrogen and oxygen atoms in total. The van der Waals surface area contributed by atoms with Crippen molar-refractivity contribution in [1.82, 2.24) is 14.8 Å². The lowest BCUT2D eigenvalue weighted by Gasteiger charge is -2.06. The molecule has 0 saturated carbocycles. The first kappa shape index (κ1) is 10.6. The number of nitrogens with one attached hydrogen (secondary N) is 1. The Balaban J connectivity index is 2.31. The molecule has 82 valence electrons. The molecule has 2 heterocycles. The van der Waals surface area contributed by atoms with Crippen molar-refractivity contribution < 1.29 is 0 Å². The Morgan fingerprint density at radius 3 is 3.00 bits per heavy atom. The fourth-order valence-electron chi connectivity index (χ4n) is 1.41. The summed E-state index contributed by atoms with van der Waals surface area (Å²) in [5.74, 6) is -0.0474. The van der Waals surface area contributed by atoms with Gasteiger partial charge in [-0.1, -0.05) is 17.7 Å². The van der Waals surface area contributed by atoms with Crippen LogP contribution in [-0.2, 0) is 6.54 Å². The summed E-state index contributed by atoms with van der Waals surface area (Å²) in [6.45, 7) is 0.496. The van der Waals surface area contributed by atoms with Crippen molar-refractivity contribution >= 4 is 17.4 Å². The average Bonchev–Trinajstić information content (AvgIpc) is 2.64. The first-order valence-corrected chi connectivity index (χ1v) is 5.01. The number of nitrogen functional groups attached to an aromatic ring is 1. The van der Waals surface area contributed by atoms with E-state index in [1.807, 2.05) is 6.07 Å². The largest absolute Gasteiger partial charge is 0.382 e. The van der Waals surface area contributed by atoms with E-state index in [1.54, 1.807) is 29.3 Å². The summed E-state index contributed by atoms with van der Waals surface area (Å²) in [6.07, 6.45) is 4.88. The van der Waals surface area contributed by atoms with Crippen LogP contribution in [0.4, 0.5) is 0 Å². The Hall–Kier alpha value is -1.88. The van der Waals surface area contributed by atoms with E-state index in [9.17, 15) is 0 Å². The molecule has 2 aromatic rings. The molecule has 6 heteroatoms. The van der Waals surface area contributed by atoms with Crippen molar-refractivity contribution in [2.45, 2.75) is 6.54 Å². The van der Waals surface area contributed by atoms with Gasteiger partial charge in [-0.3, -0.25) is 15.1 Å². The second-order valence-electron chi connectivity index (χ2n) is 3.28. The Labute approximate surface area is 97.4 Å². The molecule has 3 N–H and O–H groups in total. The number of hydrogen-bond donors (Lipinski definition) is 2. The van der Waals surface area contributed by atoms with Gasteiger partial charge in [0, 0.05) is 18.0 Å². The third-order valence-corrected chi connectivity index (χ3v) is 2.28. The van der Waals surface area contributed by atoms with E-state index in [1.165, 1.54) is 0 Å². The molecule has 0 bridgehead atoms. The highest BCUT2D eigenvalue weighted by atomic mass is 35.5. The molecular weight excluding hydrogens is 226 g/mol. The van der Waals surface area contributed by atoms with Crippen LogP contribution >= 0.6 is 11.6 Å². The van der Waals surface area contributed by atoms with Gasteiger partial charge in [0.05, 0.1) is 17.8 Å². The van der Waals surface area contributed by atoms with Crippen LogP contribution in [0.25, 0.3) is 0 Å². The molecule has 0 fully saturated rings. The Morgan fingerprint density at radius 2 is 2.38 bits per heavy atom. The molecule has 0 spiro atoms. The van der Waals surface area contributed by atoms with Gasteiger partial charge in [-0.2, -0.15) is 5.10 Å². The van der Waals surface area contributed by atoms with Gasteiger partial charge in [0.2, 0.25) is 0 Å². The Kier molecular flexibility index (Phi) is 2.87. The number of nitrogens with two attached hydrogens (primary N) is 1. The van der Waals surface area contributed by atoms with Gasteiger partial charge in [0.1, 0.15) is 11.5 Å². The van der Waals surface area contributed by atoms with Gasteiger partial charge in [-0.15, -0.1) is 0 Å². The normalized spacial score (nSPS) is 10.3. The van der Waals surface area contributed by atoms with Crippen LogP contribution < -0.4 is 5.73 Å². The van der Waals surface area contributed by atoms with Crippen LogP contribution in [0.15, 0.2) is 30.7 Å². The predicted molar refractivity (Wildman–Crippen MR) is 61.6 cm³/mol. The van der Waals surface area contributed by atoms with E-state index in [0.29, 0.717) is 17.3 Å². The topological polar surface area (TPSA) is 80.6 Å². The molecule has 0 radical (unpaired) electrons. The fourth-order valence-corrected chi connectivity index (χ4v) is 1.56. The zero-order valence-electron chi connectivity index (χ0n) is 8.39. The van der Waals surface area contributed by atoms with E-state index in [-0.39, 0.29) is 5.84 Å². The molecule has 0 aliphatic rings. The first-order valence-electron chi connectivity index (χ1n) is 4.63. The number of rotatable bonds is 3. The molecule has 2 aromatic heterocycles. The maximum Gasteiger partial charge on any atom is 0.142 e. The minimum absolute atomic E-state index is 0.0474. The maximum atomic E-state index is 7.41. The van der Waals surface area contributed by atoms with Crippen molar-refractivity contribution in [1.29, 1.82) is 5.41 Å². The Bertz CT molecular complexity index is 519. The van der Waals surface area contributed by atoms with Crippen LogP contribution in [-0.4, -0.2) is 20.6 Å². The number of halogens is 1. The Morgan fingerprint density at radius 1 is 1.56 bits per heavy atom. The summed E-state index contributed by atoms with van der Waals surface area (Å²) in [5.41, 5.74) is 6.76. The number of hydrogen-bond acceptors (Lipinski definition) is 3. The molecule has 0 aromatic carbocycles. The molecule has 0 atom stereocenters. The van der Waals surface area contributed by atoms with Crippen molar-refractivity contribution in [2.75, 3.05) is 0 Å². The third kappa shape index (κ3) is 2.20. The van der Waals surface area contributed by atoms with Crippen molar-refractivity contribution in [3.63, 3.8) is 0 Å². The van der Waals surface area contributed by atoms with E-state index in [4.69, 9.17) is 22.7 Å². The summed E-state index contributed by atoms with van der Waals surface area (Å²) in [4.78, 5) is 4.06. The molecule has 0 saturated heterocycles. The third-order valence-electron chi connectivity index (χ3n) is 2.08. The van der Waals surface area contributed by atoms with Gasteiger partial charge in [0.25, 0.3) is 0 Å². The number of pyridine rings is 1. The van der Waals surface area contributed by atoms with Gasteiger partial charge in [-0.05, 0) is 6.07 Å². The molecule has 16 heavy (non-hydrogen) atoms. The second kappa shape index (κ2) is 4.32. The van der Waals surface area contributed by atoms with Gasteiger partial charge in [-0.25, -0.2) is 0 Å². The van der Waals surface area contributed by atoms with Gasteiger partial charge in [0.15, 0.2) is 0 Å². The monoisotopic (exact) mass is 235 g/mol. The number of nitrogens with zero attached hydrogens (tertiary/aromatic N) is 3. The molecule has 0 unspecified atom stereocenters. The minimum atomic E-state index is -0.0474. The van der Waals surface area contributed by atoms with Crippen LogP contribution in [0.3, 0.4) is 0 Å². The summed E-state index contributed by atoms with van der Waals surface area (Å²) >= 11 is 5.76. The maximum absolute atomic E-state index is 7.41. The van der Waals surface area contributed by atoms with E-state index < -0.39 is 0 Å². The smallest absolute Gasteiger partial charge is 0.142 e. The molecule has 2 rings (SSSR count). The standard InChI is InChI=1S/C10H10ClN5/c11-8-4-15-16(6-8)5-7-2-1-3-14-9(7)10(12)13/h1-4,6H,5H2,(H3,12,13). The first-order chi connectivity index (χ1) is 7.66. The minimum Gasteiger partial charge on any atom is -0.382 e. The zero-order valence-corrected chi connectivity index (χ0v) is 9.15. The summed E-state index contributed by atoms with van der Waals surface area (Å²) in [5, 5.41) is 12.0. The molecular formula is C10H10ClN5. The zero-order chi connectivity index (χ0) is 11.5. The van der Waals surface area contributed by atoms with Crippen molar-refractivity contribution in [3.8, 4) is 0 Å².